The second-order valence-corrected chi connectivity index (χ2v) is 4.54. The zero-order valence-corrected chi connectivity index (χ0v) is 11.5. The Hall–Kier alpha value is -2.57. The number of carbonyl (C=O) groups is 1. The highest BCUT2D eigenvalue weighted by atomic mass is 19.4. The van der Waals surface area contributed by atoms with Gasteiger partial charge in [-0.2, -0.15) is 13.2 Å². The van der Waals surface area contributed by atoms with Crippen molar-refractivity contribution in [3.63, 3.8) is 0 Å². The van der Waals surface area contributed by atoms with Crippen LogP contribution in [0.2, 0.25) is 0 Å². The van der Waals surface area contributed by atoms with Gasteiger partial charge in [-0.1, -0.05) is 12.1 Å². The lowest BCUT2D eigenvalue weighted by Gasteiger charge is -2.15. The summed E-state index contributed by atoms with van der Waals surface area (Å²) in [5.41, 5.74) is -1.26. The molecule has 1 aromatic heterocycles. The third-order valence-corrected chi connectivity index (χ3v) is 2.94. The van der Waals surface area contributed by atoms with Gasteiger partial charge in [0.25, 0.3) is 0 Å². The molecule has 0 aliphatic rings. The summed E-state index contributed by atoms with van der Waals surface area (Å²) in [5.74, 6) is -1.31. The van der Waals surface area contributed by atoms with Crippen molar-refractivity contribution in [1.29, 1.82) is 0 Å². The number of ether oxygens (including phenoxy) is 1. The molecule has 7 heteroatoms. The molecule has 0 unspecified atom stereocenters. The number of nitrogens with zero attached hydrogens (tertiary/aromatic N) is 1. The van der Waals surface area contributed by atoms with Gasteiger partial charge in [0.15, 0.2) is 0 Å². The SMILES string of the molecule is Cc1cccc(OCc2c(C(=O)O)cccc2C(F)(F)F)n1. The fourth-order valence-corrected chi connectivity index (χ4v) is 1.95. The molecule has 0 aliphatic carbocycles. The average molecular weight is 311 g/mol. The number of pyridine rings is 1. The molecule has 0 amide bonds. The maximum Gasteiger partial charge on any atom is 0.416 e. The highest BCUT2D eigenvalue weighted by Gasteiger charge is 2.35. The third-order valence-electron chi connectivity index (χ3n) is 2.94. The Kier molecular flexibility index (Phi) is 4.35. The minimum atomic E-state index is -4.66. The Labute approximate surface area is 124 Å². The molecule has 22 heavy (non-hydrogen) atoms. The Balaban J connectivity index is 2.37. The second-order valence-electron chi connectivity index (χ2n) is 4.54. The lowest BCUT2D eigenvalue weighted by molar-refractivity contribution is -0.138. The molecule has 4 nitrogen and oxygen atoms in total. The number of hydrogen-bond donors (Lipinski definition) is 1. The lowest BCUT2D eigenvalue weighted by Crippen LogP contribution is -2.15. The predicted molar refractivity (Wildman–Crippen MR) is 71.7 cm³/mol. The smallest absolute Gasteiger partial charge is 0.416 e. The largest absolute Gasteiger partial charge is 0.478 e. The van der Waals surface area contributed by atoms with Gasteiger partial charge < -0.3 is 9.84 Å². The van der Waals surface area contributed by atoms with E-state index in [1.807, 2.05) is 0 Å². The van der Waals surface area contributed by atoms with E-state index in [1.54, 1.807) is 19.1 Å². The number of halogens is 3. The molecule has 1 N–H and O–H groups in total. The normalized spacial score (nSPS) is 11.3. The van der Waals surface area contributed by atoms with Crippen molar-refractivity contribution in [2.75, 3.05) is 0 Å². The summed E-state index contributed by atoms with van der Waals surface area (Å²) in [7, 11) is 0. The van der Waals surface area contributed by atoms with Crippen molar-refractivity contribution in [2.45, 2.75) is 19.7 Å². The fourth-order valence-electron chi connectivity index (χ4n) is 1.95. The zero-order chi connectivity index (χ0) is 16.3. The molecule has 2 aromatic rings. The minimum Gasteiger partial charge on any atom is -0.478 e. The molecule has 0 fully saturated rings. The van der Waals surface area contributed by atoms with Gasteiger partial charge in [0.1, 0.15) is 6.61 Å². The van der Waals surface area contributed by atoms with Crippen LogP contribution in [-0.2, 0) is 12.8 Å². The number of aryl methyl sites for hydroxylation is 1. The predicted octanol–water partition coefficient (Wildman–Crippen LogP) is 3.69. The molecular formula is C15H12F3NO3. The lowest BCUT2D eigenvalue weighted by atomic mass is 10.0. The van der Waals surface area contributed by atoms with E-state index in [0.29, 0.717) is 5.69 Å². The van der Waals surface area contributed by atoms with E-state index in [1.165, 1.54) is 6.07 Å². The summed E-state index contributed by atoms with van der Waals surface area (Å²) in [4.78, 5) is 15.1. The molecule has 0 spiro atoms. The van der Waals surface area contributed by atoms with E-state index in [-0.39, 0.29) is 5.88 Å². The Bertz CT molecular complexity index is 699. The number of rotatable bonds is 4. The Morgan fingerprint density at radius 1 is 1.23 bits per heavy atom. The topological polar surface area (TPSA) is 59.4 Å². The van der Waals surface area contributed by atoms with Crippen LogP contribution in [0.5, 0.6) is 5.88 Å². The number of benzene rings is 1. The van der Waals surface area contributed by atoms with Crippen LogP contribution in [0.15, 0.2) is 36.4 Å². The number of aromatic nitrogens is 1. The van der Waals surface area contributed by atoms with Gasteiger partial charge >= 0.3 is 12.1 Å². The highest BCUT2D eigenvalue weighted by Crippen LogP contribution is 2.34. The van der Waals surface area contributed by atoms with Crippen molar-refractivity contribution in [3.8, 4) is 5.88 Å². The first-order chi connectivity index (χ1) is 10.3. The van der Waals surface area contributed by atoms with Crippen LogP contribution in [0.3, 0.4) is 0 Å². The monoisotopic (exact) mass is 311 g/mol. The molecule has 0 saturated carbocycles. The molecule has 2 rings (SSSR count). The molecule has 1 aromatic carbocycles. The number of carboxylic acids is 1. The van der Waals surface area contributed by atoms with Crippen LogP contribution >= 0.6 is 0 Å². The Morgan fingerprint density at radius 3 is 2.50 bits per heavy atom. The van der Waals surface area contributed by atoms with Crippen LogP contribution in [0.4, 0.5) is 13.2 Å². The van der Waals surface area contributed by atoms with E-state index in [4.69, 9.17) is 9.84 Å². The summed E-state index contributed by atoms with van der Waals surface area (Å²) < 4.78 is 44.3. The molecule has 0 aliphatic heterocycles. The van der Waals surface area contributed by atoms with Crippen LogP contribution in [0.25, 0.3) is 0 Å². The second kappa shape index (κ2) is 6.05. The van der Waals surface area contributed by atoms with E-state index < -0.39 is 35.4 Å². The first kappa shape index (κ1) is 15.8. The summed E-state index contributed by atoms with van der Waals surface area (Å²) in [5, 5.41) is 9.06. The zero-order valence-electron chi connectivity index (χ0n) is 11.5. The molecular weight excluding hydrogens is 299 g/mol. The van der Waals surface area contributed by atoms with Gasteiger partial charge in [-0.05, 0) is 25.1 Å². The molecule has 0 radical (unpaired) electrons. The van der Waals surface area contributed by atoms with Crippen molar-refractivity contribution in [3.05, 3.63) is 58.8 Å². The summed E-state index contributed by atoms with van der Waals surface area (Å²) in [6.45, 7) is 1.17. The highest BCUT2D eigenvalue weighted by molar-refractivity contribution is 5.89. The van der Waals surface area contributed by atoms with E-state index in [2.05, 4.69) is 4.98 Å². The van der Waals surface area contributed by atoms with Gasteiger partial charge in [0.2, 0.25) is 5.88 Å². The van der Waals surface area contributed by atoms with Gasteiger partial charge in [0, 0.05) is 17.3 Å². The van der Waals surface area contributed by atoms with Gasteiger partial charge in [-0.25, -0.2) is 9.78 Å². The van der Waals surface area contributed by atoms with Crippen LogP contribution in [-0.4, -0.2) is 16.1 Å². The first-order valence-corrected chi connectivity index (χ1v) is 6.28. The van der Waals surface area contributed by atoms with Crippen LogP contribution in [0, 0.1) is 6.92 Å². The van der Waals surface area contributed by atoms with Crippen molar-refractivity contribution in [2.24, 2.45) is 0 Å². The maximum absolute atomic E-state index is 13.0. The molecule has 0 saturated heterocycles. The van der Waals surface area contributed by atoms with Crippen molar-refractivity contribution < 1.29 is 27.8 Å². The van der Waals surface area contributed by atoms with Gasteiger partial charge in [0.05, 0.1) is 11.1 Å². The van der Waals surface area contributed by atoms with Crippen molar-refractivity contribution in [1.82, 2.24) is 4.98 Å². The number of aromatic carboxylic acids is 1. The number of alkyl halides is 3. The molecule has 116 valence electrons. The standard InChI is InChI=1S/C15H12F3NO3/c1-9-4-2-7-13(19-9)22-8-11-10(14(20)21)5-3-6-12(11)15(16,17)18/h2-7H,8H2,1H3,(H,20,21). The van der Waals surface area contributed by atoms with Crippen molar-refractivity contribution >= 4 is 5.97 Å². The quantitative estimate of drug-likeness (QED) is 0.935. The first-order valence-electron chi connectivity index (χ1n) is 6.28. The number of hydrogen-bond acceptors (Lipinski definition) is 3. The molecule has 0 bridgehead atoms. The Morgan fingerprint density at radius 2 is 1.91 bits per heavy atom. The minimum absolute atomic E-state index is 0.133. The van der Waals surface area contributed by atoms with Gasteiger partial charge in [-0.3, -0.25) is 0 Å². The summed E-state index contributed by atoms with van der Waals surface area (Å²) >= 11 is 0. The van der Waals surface area contributed by atoms with Gasteiger partial charge in [-0.15, -0.1) is 0 Å². The van der Waals surface area contributed by atoms with E-state index in [0.717, 1.165) is 18.2 Å². The molecule has 1 heterocycles. The van der Waals surface area contributed by atoms with E-state index in [9.17, 15) is 18.0 Å². The fraction of sp³-hybridized carbons (Fsp3) is 0.200. The summed E-state index contributed by atoms with van der Waals surface area (Å²) in [6.07, 6.45) is -4.66. The third kappa shape index (κ3) is 3.55. The number of carboxylic acid groups (broad SMARTS) is 1. The maximum atomic E-state index is 13.0. The molecule has 0 atom stereocenters. The van der Waals surface area contributed by atoms with Crippen LogP contribution < -0.4 is 4.74 Å². The summed E-state index contributed by atoms with van der Waals surface area (Å²) in [6, 6.07) is 7.84. The average Bonchev–Trinajstić information content (AvgIpc) is 2.43. The van der Waals surface area contributed by atoms with Crippen LogP contribution in [0.1, 0.15) is 27.2 Å². The van der Waals surface area contributed by atoms with E-state index >= 15 is 0 Å².